The van der Waals surface area contributed by atoms with Gasteiger partial charge in [-0.15, -0.1) is 11.8 Å². The predicted molar refractivity (Wildman–Crippen MR) is 74.6 cm³/mol. The molecule has 1 aromatic heterocycles. The number of halogens is 1. The second-order valence-electron chi connectivity index (χ2n) is 4.01. The molecule has 2 aromatic rings. The number of carboxylic acids is 1. The summed E-state index contributed by atoms with van der Waals surface area (Å²) in [4.78, 5) is 16.1. The maximum atomic E-state index is 10.7. The van der Waals surface area contributed by atoms with Gasteiger partial charge in [0.25, 0.3) is 0 Å². The van der Waals surface area contributed by atoms with Gasteiger partial charge in [0.2, 0.25) is 0 Å². The lowest BCUT2D eigenvalue weighted by Crippen LogP contribution is -1.98. The highest BCUT2D eigenvalue weighted by Gasteiger charge is 2.10. The molecule has 5 heteroatoms. The van der Waals surface area contributed by atoms with Gasteiger partial charge in [-0.3, -0.25) is 9.78 Å². The third-order valence-corrected chi connectivity index (χ3v) is 4.06. The fourth-order valence-corrected chi connectivity index (χ4v) is 2.76. The Morgan fingerprint density at radius 3 is 2.83 bits per heavy atom. The van der Waals surface area contributed by atoms with Gasteiger partial charge in [0.15, 0.2) is 0 Å². The minimum Gasteiger partial charge on any atom is -0.481 e. The van der Waals surface area contributed by atoms with E-state index >= 15 is 0 Å². The Balaban J connectivity index is 2.59. The summed E-state index contributed by atoms with van der Waals surface area (Å²) in [6, 6.07) is 5.62. The van der Waals surface area contributed by atoms with Crippen LogP contribution in [0.4, 0.5) is 0 Å². The standard InChI is InChI=1S/C13H12ClNO2S/c1-7-5-11(18-6-12(16)17)9-3-4-10(14)8(2)13(9)15-7/h3-5H,6H2,1-2H3,(H,16,17). The zero-order valence-electron chi connectivity index (χ0n) is 10.0. The Bertz CT molecular complexity index is 628. The molecule has 1 heterocycles. The monoisotopic (exact) mass is 281 g/mol. The lowest BCUT2D eigenvalue weighted by molar-refractivity contribution is -0.133. The van der Waals surface area contributed by atoms with E-state index < -0.39 is 5.97 Å². The third kappa shape index (κ3) is 2.60. The molecule has 0 bridgehead atoms. The van der Waals surface area contributed by atoms with E-state index in [1.165, 1.54) is 11.8 Å². The molecule has 18 heavy (non-hydrogen) atoms. The number of fused-ring (bicyclic) bond motifs is 1. The van der Waals surface area contributed by atoms with Crippen molar-refractivity contribution in [2.24, 2.45) is 0 Å². The molecule has 1 N–H and O–H groups in total. The van der Waals surface area contributed by atoms with Gasteiger partial charge in [0.05, 0.1) is 11.3 Å². The minimum absolute atomic E-state index is 0.0419. The van der Waals surface area contributed by atoms with Gasteiger partial charge in [-0.05, 0) is 31.5 Å². The molecule has 0 saturated carbocycles. The van der Waals surface area contributed by atoms with Crippen molar-refractivity contribution in [1.29, 1.82) is 0 Å². The topological polar surface area (TPSA) is 50.2 Å². The third-order valence-electron chi connectivity index (χ3n) is 2.61. The molecule has 0 radical (unpaired) electrons. The number of rotatable bonds is 3. The minimum atomic E-state index is -0.826. The normalized spacial score (nSPS) is 10.8. The molecule has 0 spiro atoms. The molecule has 0 aliphatic heterocycles. The number of nitrogens with zero attached hydrogens (tertiary/aromatic N) is 1. The van der Waals surface area contributed by atoms with Crippen molar-refractivity contribution < 1.29 is 9.90 Å². The summed E-state index contributed by atoms with van der Waals surface area (Å²) in [7, 11) is 0. The van der Waals surface area contributed by atoms with Crippen LogP contribution < -0.4 is 0 Å². The van der Waals surface area contributed by atoms with Crippen molar-refractivity contribution in [2.45, 2.75) is 18.7 Å². The Kier molecular flexibility index (Phi) is 3.78. The quantitative estimate of drug-likeness (QED) is 0.872. The number of aromatic nitrogens is 1. The average molecular weight is 282 g/mol. The first-order valence-electron chi connectivity index (χ1n) is 5.40. The molecule has 0 amide bonds. The molecule has 2 rings (SSSR count). The van der Waals surface area contributed by atoms with Crippen LogP contribution in [0.5, 0.6) is 0 Å². The molecule has 0 aliphatic carbocycles. The van der Waals surface area contributed by atoms with Crippen molar-refractivity contribution in [2.75, 3.05) is 5.75 Å². The molecule has 0 atom stereocenters. The molecule has 3 nitrogen and oxygen atoms in total. The molecule has 0 saturated heterocycles. The number of hydrogen-bond donors (Lipinski definition) is 1. The van der Waals surface area contributed by atoms with Gasteiger partial charge < -0.3 is 5.11 Å². The number of pyridine rings is 1. The first kappa shape index (κ1) is 13.2. The molecule has 0 aliphatic rings. The first-order valence-corrected chi connectivity index (χ1v) is 6.76. The molecular formula is C13H12ClNO2S. The van der Waals surface area contributed by atoms with Gasteiger partial charge in [-0.1, -0.05) is 17.7 Å². The molecule has 0 fully saturated rings. The Hall–Kier alpha value is -1.26. The smallest absolute Gasteiger partial charge is 0.313 e. The maximum absolute atomic E-state index is 10.7. The summed E-state index contributed by atoms with van der Waals surface area (Å²) in [5.74, 6) is -0.784. The number of benzene rings is 1. The second kappa shape index (κ2) is 5.16. The second-order valence-corrected chi connectivity index (χ2v) is 5.44. The number of thioether (sulfide) groups is 1. The number of aryl methyl sites for hydroxylation is 2. The SMILES string of the molecule is Cc1cc(SCC(=O)O)c2ccc(Cl)c(C)c2n1. The van der Waals surface area contributed by atoms with E-state index in [2.05, 4.69) is 4.98 Å². The Labute approximate surface area is 114 Å². The van der Waals surface area contributed by atoms with Gasteiger partial charge in [-0.25, -0.2) is 0 Å². The number of carbonyl (C=O) groups is 1. The Morgan fingerprint density at radius 2 is 2.17 bits per heavy atom. The highest BCUT2D eigenvalue weighted by Crippen LogP contribution is 2.32. The van der Waals surface area contributed by atoms with Crippen LogP contribution in [0, 0.1) is 13.8 Å². The summed E-state index contributed by atoms with van der Waals surface area (Å²) in [5, 5.41) is 10.4. The molecule has 0 unspecified atom stereocenters. The van der Waals surface area contributed by atoms with Crippen molar-refractivity contribution in [3.8, 4) is 0 Å². The molecular weight excluding hydrogens is 270 g/mol. The first-order chi connectivity index (χ1) is 8.49. The van der Waals surface area contributed by atoms with E-state index in [0.717, 1.165) is 27.1 Å². The van der Waals surface area contributed by atoms with Gasteiger partial charge in [-0.2, -0.15) is 0 Å². The highest BCUT2D eigenvalue weighted by atomic mass is 35.5. The molecule has 94 valence electrons. The van der Waals surface area contributed by atoms with Gasteiger partial charge >= 0.3 is 5.97 Å². The van der Waals surface area contributed by atoms with Crippen molar-refractivity contribution in [1.82, 2.24) is 4.98 Å². The van der Waals surface area contributed by atoms with Crippen molar-refractivity contribution in [3.05, 3.63) is 34.5 Å². The van der Waals surface area contributed by atoms with Crippen LogP contribution in [0.15, 0.2) is 23.1 Å². The van der Waals surface area contributed by atoms with Crippen LogP contribution in [0.2, 0.25) is 5.02 Å². The summed E-state index contributed by atoms with van der Waals surface area (Å²) in [5.41, 5.74) is 2.63. The van der Waals surface area contributed by atoms with E-state index in [9.17, 15) is 4.79 Å². The number of carboxylic acid groups (broad SMARTS) is 1. The van der Waals surface area contributed by atoms with Gasteiger partial charge in [0.1, 0.15) is 0 Å². The van der Waals surface area contributed by atoms with Crippen LogP contribution in [0.1, 0.15) is 11.3 Å². The van der Waals surface area contributed by atoms with E-state index in [4.69, 9.17) is 16.7 Å². The van der Waals surface area contributed by atoms with Crippen LogP contribution >= 0.6 is 23.4 Å². The van der Waals surface area contributed by atoms with Crippen molar-refractivity contribution >= 4 is 40.2 Å². The highest BCUT2D eigenvalue weighted by molar-refractivity contribution is 8.00. The van der Waals surface area contributed by atoms with E-state index in [0.29, 0.717) is 5.02 Å². The van der Waals surface area contributed by atoms with Gasteiger partial charge in [0, 0.05) is 21.0 Å². The zero-order chi connectivity index (χ0) is 13.3. The number of aliphatic carboxylic acids is 1. The fraction of sp³-hybridized carbons (Fsp3) is 0.231. The average Bonchev–Trinajstić information content (AvgIpc) is 2.31. The van der Waals surface area contributed by atoms with Crippen molar-refractivity contribution in [3.63, 3.8) is 0 Å². The summed E-state index contributed by atoms with van der Waals surface area (Å²) < 4.78 is 0. The summed E-state index contributed by atoms with van der Waals surface area (Å²) in [6.45, 7) is 3.81. The fourth-order valence-electron chi connectivity index (χ4n) is 1.75. The van der Waals surface area contributed by atoms with Crippen LogP contribution in [0.3, 0.4) is 0 Å². The largest absolute Gasteiger partial charge is 0.481 e. The number of hydrogen-bond acceptors (Lipinski definition) is 3. The summed E-state index contributed by atoms with van der Waals surface area (Å²) in [6.07, 6.45) is 0. The van der Waals surface area contributed by atoms with E-state index in [1.54, 1.807) is 0 Å². The van der Waals surface area contributed by atoms with Crippen LogP contribution in [0.25, 0.3) is 10.9 Å². The van der Waals surface area contributed by atoms with E-state index in [1.807, 2.05) is 32.0 Å². The maximum Gasteiger partial charge on any atom is 0.313 e. The lowest BCUT2D eigenvalue weighted by Gasteiger charge is -2.09. The van der Waals surface area contributed by atoms with E-state index in [-0.39, 0.29) is 5.75 Å². The molecule has 1 aromatic carbocycles. The predicted octanol–water partition coefficient (Wildman–Crippen LogP) is 3.68. The summed E-state index contributed by atoms with van der Waals surface area (Å²) >= 11 is 7.38. The lowest BCUT2D eigenvalue weighted by atomic mass is 10.1. The Morgan fingerprint density at radius 1 is 1.44 bits per heavy atom. The van der Waals surface area contributed by atoms with Crippen LogP contribution in [-0.4, -0.2) is 21.8 Å². The van der Waals surface area contributed by atoms with Crippen LogP contribution in [-0.2, 0) is 4.79 Å². The zero-order valence-corrected chi connectivity index (χ0v) is 11.6.